The molecule has 7 nitrogen and oxygen atoms in total. The van der Waals surface area contributed by atoms with E-state index in [0.717, 1.165) is 30.1 Å². The Morgan fingerprint density at radius 3 is 2.48 bits per heavy atom. The van der Waals surface area contributed by atoms with E-state index in [1.807, 2.05) is 24.3 Å². The summed E-state index contributed by atoms with van der Waals surface area (Å²) in [6.07, 6.45) is 0.867. The van der Waals surface area contributed by atoms with Crippen LogP contribution in [0.3, 0.4) is 0 Å². The Labute approximate surface area is 148 Å². The number of nitrogens with one attached hydrogen (secondary N) is 1. The lowest BCUT2D eigenvalue weighted by molar-refractivity contribution is -0.130. The fourth-order valence-electron chi connectivity index (χ4n) is 2.63. The summed E-state index contributed by atoms with van der Waals surface area (Å²) in [6.45, 7) is 2.72. The van der Waals surface area contributed by atoms with Crippen LogP contribution in [0.5, 0.6) is 0 Å². The number of hydrogen-bond acceptors (Lipinski definition) is 4. The summed E-state index contributed by atoms with van der Waals surface area (Å²) < 4.78 is 0. The maximum absolute atomic E-state index is 12.2. The van der Waals surface area contributed by atoms with Crippen LogP contribution in [0.2, 0.25) is 0 Å². The molecule has 0 spiro atoms. The van der Waals surface area contributed by atoms with Crippen molar-refractivity contribution in [3.05, 3.63) is 35.4 Å². The minimum absolute atomic E-state index is 0.0730. The van der Waals surface area contributed by atoms with E-state index in [1.165, 1.54) is 11.9 Å². The van der Waals surface area contributed by atoms with Crippen molar-refractivity contribution in [3.8, 4) is 0 Å². The predicted octanol–water partition coefficient (Wildman–Crippen LogP) is 1.77. The largest absolute Gasteiger partial charge is 0.465 e. The third-order valence-electron chi connectivity index (χ3n) is 4.21. The summed E-state index contributed by atoms with van der Waals surface area (Å²) in [4.78, 5) is 30.2. The quantitative estimate of drug-likeness (QED) is 0.703. The summed E-state index contributed by atoms with van der Waals surface area (Å²) in [5.74, 6) is 1.01. The molecule has 7 heteroatoms. The zero-order valence-corrected chi connectivity index (χ0v) is 14.9. The van der Waals surface area contributed by atoms with Gasteiger partial charge in [0.25, 0.3) is 0 Å². The number of amidine groups is 1. The first-order chi connectivity index (χ1) is 12.0. The molecular formula is C18H26N4O3. The molecule has 0 radical (unpaired) electrons. The molecule has 0 fully saturated rings. The van der Waals surface area contributed by atoms with Crippen LogP contribution < -0.4 is 5.32 Å². The Morgan fingerprint density at radius 2 is 1.88 bits per heavy atom. The monoisotopic (exact) mass is 346 g/mol. The van der Waals surface area contributed by atoms with Gasteiger partial charge in [0.15, 0.2) is 0 Å². The van der Waals surface area contributed by atoms with E-state index in [9.17, 15) is 9.59 Å². The number of rotatable bonds is 8. The highest BCUT2D eigenvalue weighted by molar-refractivity contribution is 5.99. The van der Waals surface area contributed by atoms with Crippen LogP contribution in [0.4, 0.5) is 4.79 Å². The molecule has 0 aliphatic carbocycles. The number of benzene rings is 1. The summed E-state index contributed by atoms with van der Waals surface area (Å²) in [6, 6.07) is 8.08. The number of nitrogens with zero attached hydrogens (tertiary/aromatic N) is 3. The normalized spacial score (nSPS) is 13.1. The summed E-state index contributed by atoms with van der Waals surface area (Å²) in [5.41, 5.74) is 2.14. The van der Waals surface area contributed by atoms with Gasteiger partial charge < -0.3 is 20.2 Å². The standard InChI is InChI=1S/C18H26N4O3/c1-21(18(24)25)12-4-3-5-16(23)22(2)13-14-6-8-15(9-7-14)17-19-10-11-20-17/h6-9H,3-5,10-13H2,1-2H3,(H,19,20)(H,24,25). The molecule has 1 aliphatic rings. The minimum Gasteiger partial charge on any atom is -0.465 e. The lowest BCUT2D eigenvalue weighted by atomic mass is 10.1. The Balaban J connectivity index is 1.74. The van der Waals surface area contributed by atoms with Gasteiger partial charge in [-0.25, -0.2) is 4.79 Å². The van der Waals surface area contributed by atoms with E-state index in [4.69, 9.17) is 5.11 Å². The molecule has 0 unspecified atom stereocenters. The summed E-state index contributed by atoms with van der Waals surface area (Å²) in [5, 5.41) is 12.0. The lowest BCUT2D eigenvalue weighted by Crippen LogP contribution is -2.27. The van der Waals surface area contributed by atoms with Gasteiger partial charge in [0.05, 0.1) is 6.54 Å². The van der Waals surface area contributed by atoms with Gasteiger partial charge in [0.2, 0.25) is 5.91 Å². The average molecular weight is 346 g/mol. The molecule has 0 saturated heterocycles. The van der Waals surface area contributed by atoms with E-state index >= 15 is 0 Å². The fourth-order valence-corrected chi connectivity index (χ4v) is 2.63. The molecule has 1 aliphatic heterocycles. The molecule has 0 saturated carbocycles. The lowest BCUT2D eigenvalue weighted by Gasteiger charge is -2.18. The van der Waals surface area contributed by atoms with Crippen molar-refractivity contribution in [1.82, 2.24) is 15.1 Å². The van der Waals surface area contributed by atoms with E-state index in [0.29, 0.717) is 32.4 Å². The molecule has 1 aromatic carbocycles. The average Bonchev–Trinajstić information content (AvgIpc) is 3.13. The highest BCUT2D eigenvalue weighted by Crippen LogP contribution is 2.10. The van der Waals surface area contributed by atoms with Gasteiger partial charge in [-0.05, 0) is 18.4 Å². The SMILES string of the molecule is CN(CCCCC(=O)N(C)Cc1ccc(C2=NCCN2)cc1)C(=O)O. The number of aliphatic imine (C=N–C) groups is 1. The van der Waals surface area contributed by atoms with Crippen molar-refractivity contribution >= 4 is 17.8 Å². The van der Waals surface area contributed by atoms with Gasteiger partial charge in [0, 0.05) is 45.7 Å². The van der Waals surface area contributed by atoms with E-state index < -0.39 is 6.09 Å². The fraction of sp³-hybridized carbons (Fsp3) is 0.500. The molecule has 0 aromatic heterocycles. The molecule has 1 aromatic rings. The first-order valence-corrected chi connectivity index (χ1v) is 8.53. The van der Waals surface area contributed by atoms with Crippen molar-refractivity contribution < 1.29 is 14.7 Å². The Hall–Kier alpha value is -2.57. The van der Waals surface area contributed by atoms with Crippen molar-refractivity contribution in [3.63, 3.8) is 0 Å². The second kappa shape index (κ2) is 9.05. The van der Waals surface area contributed by atoms with Crippen molar-refractivity contribution in [2.24, 2.45) is 4.99 Å². The first kappa shape index (κ1) is 18.8. The van der Waals surface area contributed by atoms with Crippen LogP contribution in [0.1, 0.15) is 30.4 Å². The van der Waals surface area contributed by atoms with E-state index in [1.54, 1.807) is 11.9 Å². The maximum Gasteiger partial charge on any atom is 0.407 e. The van der Waals surface area contributed by atoms with Crippen LogP contribution in [0.25, 0.3) is 0 Å². The number of hydrogen-bond donors (Lipinski definition) is 2. The van der Waals surface area contributed by atoms with Crippen LogP contribution >= 0.6 is 0 Å². The molecule has 1 heterocycles. The number of carbonyl (C=O) groups is 2. The smallest absolute Gasteiger partial charge is 0.407 e. The Kier molecular flexibility index (Phi) is 6.80. The zero-order valence-electron chi connectivity index (χ0n) is 14.9. The van der Waals surface area contributed by atoms with Crippen LogP contribution in [-0.2, 0) is 11.3 Å². The Morgan fingerprint density at radius 1 is 1.16 bits per heavy atom. The van der Waals surface area contributed by atoms with Crippen molar-refractivity contribution in [1.29, 1.82) is 0 Å². The maximum atomic E-state index is 12.2. The third-order valence-corrected chi connectivity index (χ3v) is 4.21. The molecular weight excluding hydrogens is 320 g/mol. The molecule has 0 bridgehead atoms. The minimum atomic E-state index is -0.939. The van der Waals surface area contributed by atoms with Crippen LogP contribution in [0, 0.1) is 0 Å². The second-order valence-corrected chi connectivity index (χ2v) is 6.27. The van der Waals surface area contributed by atoms with Crippen molar-refractivity contribution in [2.75, 3.05) is 33.7 Å². The highest BCUT2D eigenvalue weighted by atomic mass is 16.4. The van der Waals surface area contributed by atoms with Crippen LogP contribution in [-0.4, -0.2) is 66.5 Å². The van der Waals surface area contributed by atoms with Gasteiger partial charge in [-0.3, -0.25) is 9.79 Å². The topological polar surface area (TPSA) is 85.2 Å². The summed E-state index contributed by atoms with van der Waals surface area (Å²) in [7, 11) is 3.33. The van der Waals surface area contributed by atoms with Gasteiger partial charge in [-0.2, -0.15) is 0 Å². The molecule has 0 atom stereocenters. The van der Waals surface area contributed by atoms with E-state index in [2.05, 4.69) is 10.3 Å². The summed E-state index contributed by atoms with van der Waals surface area (Å²) >= 11 is 0. The Bertz CT molecular complexity index is 628. The molecule has 2 amide bonds. The predicted molar refractivity (Wildman–Crippen MR) is 96.8 cm³/mol. The van der Waals surface area contributed by atoms with Gasteiger partial charge in [0.1, 0.15) is 5.84 Å². The first-order valence-electron chi connectivity index (χ1n) is 8.53. The number of amides is 2. The number of carboxylic acid groups (broad SMARTS) is 1. The van der Waals surface area contributed by atoms with E-state index in [-0.39, 0.29) is 5.91 Å². The second-order valence-electron chi connectivity index (χ2n) is 6.27. The van der Waals surface area contributed by atoms with Gasteiger partial charge in [-0.15, -0.1) is 0 Å². The molecule has 25 heavy (non-hydrogen) atoms. The third kappa shape index (κ3) is 5.77. The molecule has 2 rings (SSSR count). The van der Waals surface area contributed by atoms with Gasteiger partial charge in [-0.1, -0.05) is 24.3 Å². The molecule has 2 N–H and O–H groups in total. The molecule has 136 valence electrons. The van der Waals surface area contributed by atoms with Crippen molar-refractivity contribution in [2.45, 2.75) is 25.8 Å². The van der Waals surface area contributed by atoms with Gasteiger partial charge >= 0.3 is 6.09 Å². The highest BCUT2D eigenvalue weighted by Gasteiger charge is 2.11. The zero-order chi connectivity index (χ0) is 18.2. The number of carbonyl (C=O) groups excluding carboxylic acids is 1. The number of unbranched alkanes of at least 4 members (excludes halogenated alkanes) is 1. The van der Waals surface area contributed by atoms with Crippen LogP contribution in [0.15, 0.2) is 29.3 Å².